The van der Waals surface area contributed by atoms with Gasteiger partial charge >= 0.3 is 18.4 Å². The fourth-order valence-electron chi connectivity index (χ4n) is 3.51. The third-order valence-corrected chi connectivity index (χ3v) is 4.86. The summed E-state index contributed by atoms with van der Waals surface area (Å²) in [6.45, 7) is 1.96. The van der Waals surface area contributed by atoms with Crippen molar-refractivity contribution in [1.29, 1.82) is 0 Å². The van der Waals surface area contributed by atoms with Crippen molar-refractivity contribution in [3.8, 4) is 0 Å². The number of hydrogen-bond acceptors (Lipinski definition) is 5. The summed E-state index contributed by atoms with van der Waals surface area (Å²) in [6.07, 6.45) is -9.00. The summed E-state index contributed by atoms with van der Waals surface area (Å²) in [6, 6.07) is 3.21. The van der Waals surface area contributed by atoms with Gasteiger partial charge in [-0.1, -0.05) is 0 Å². The van der Waals surface area contributed by atoms with Gasteiger partial charge in [0.25, 0.3) is 5.91 Å². The Morgan fingerprint density at radius 3 is 2.21 bits per heavy atom. The highest BCUT2D eigenvalue weighted by Crippen LogP contribution is 2.27. The molecule has 1 fully saturated rings. The van der Waals surface area contributed by atoms with Crippen molar-refractivity contribution in [3.63, 3.8) is 0 Å². The summed E-state index contributed by atoms with van der Waals surface area (Å²) >= 11 is 0. The summed E-state index contributed by atoms with van der Waals surface area (Å²) < 4.78 is 81.6. The first kappa shape index (κ1) is 27.4. The summed E-state index contributed by atoms with van der Waals surface area (Å²) in [7, 11) is 0. The third-order valence-electron chi connectivity index (χ3n) is 4.86. The van der Waals surface area contributed by atoms with Gasteiger partial charge in [-0.05, 0) is 51.8 Å². The van der Waals surface area contributed by atoms with Crippen LogP contribution in [0.15, 0.2) is 18.2 Å². The Kier molecular flexibility index (Phi) is 8.20. The number of anilines is 2. The van der Waals surface area contributed by atoms with E-state index >= 15 is 0 Å². The molecule has 0 bridgehead atoms. The Hall–Kier alpha value is -2.86. The molecule has 7 nitrogen and oxygen atoms in total. The van der Waals surface area contributed by atoms with Crippen LogP contribution in [0.3, 0.4) is 0 Å². The second-order valence-electron chi connectivity index (χ2n) is 9.04. The molecule has 0 aliphatic carbocycles. The van der Waals surface area contributed by atoms with Gasteiger partial charge in [0, 0.05) is 18.7 Å². The Morgan fingerprint density at radius 1 is 1.12 bits per heavy atom. The Bertz CT molecular complexity index is 867. The topological polar surface area (TPSA) is 87.9 Å². The van der Waals surface area contributed by atoms with Crippen LogP contribution in [0.5, 0.6) is 0 Å². The smallest absolute Gasteiger partial charge is 0.410 e. The van der Waals surface area contributed by atoms with Gasteiger partial charge in [-0.2, -0.15) is 26.3 Å². The number of alkyl halides is 6. The molecule has 0 spiro atoms. The van der Waals surface area contributed by atoms with Crippen molar-refractivity contribution in [2.24, 2.45) is 0 Å². The first-order valence-corrected chi connectivity index (χ1v) is 10.5. The molecule has 2 rings (SSSR count). The molecule has 0 aromatic heterocycles. The third kappa shape index (κ3) is 8.49. The highest BCUT2D eigenvalue weighted by molar-refractivity contribution is 5.96. The lowest BCUT2D eigenvalue weighted by Crippen LogP contribution is -2.44. The van der Waals surface area contributed by atoms with Crippen LogP contribution in [0, 0.1) is 0 Å². The van der Waals surface area contributed by atoms with Crippen molar-refractivity contribution in [1.82, 2.24) is 9.80 Å². The zero-order valence-corrected chi connectivity index (χ0v) is 19.0. The molecular weight excluding hydrogens is 470 g/mol. The number of halogens is 6. The SMILES string of the molecule is CC(C)(C)OC(=O)N1CCC[C@@H]1CNc1ccc(C(=O)N(CC(F)(F)F)CC(F)(F)F)cc1N. The molecule has 13 heteroatoms. The number of amides is 2. The quantitative estimate of drug-likeness (QED) is 0.441. The molecule has 0 unspecified atom stereocenters. The molecule has 1 aromatic rings. The minimum absolute atomic E-state index is 0.0355. The molecular formula is C21H28F6N4O3. The van der Waals surface area contributed by atoms with E-state index in [-0.39, 0.29) is 23.2 Å². The number of ether oxygens (including phenoxy) is 1. The van der Waals surface area contributed by atoms with Gasteiger partial charge in [0.2, 0.25) is 0 Å². The maximum absolute atomic E-state index is 12.7. The predicted molar refractivity (Wildman–Crippen MR) is 113 cm³/mol. The zero-order chi connectivity index (χ0) is 25.9. The van der Waals surface area contributed by atoms with Crippen LogP contribution in [-0.4, -0.2) is 72.0 Å². The first-order chi connectivity index (χ1) is 15.5. The average Bonchev–Trinajstić information content (AvgIpc) is 3.11. The van der Waals surface area contributed by atoms with E-state index in [9.17, 15) is 35.9 Å². The Balaban J connectivity index is 2.09. The highest BCUT2D eigenvalue weighted by Gasteiger charge is 2.40. The summed E-state index contributed by atoms with van der Waals surface area (Å²) in [4.78, 5) is 26.0. The van der Waals surface area contributed by atoms with Crippen molar-refractivity contribution < 1.29 is 40.7 Å². The van der Waals surface area contributed by atoms with Crippen LogP contribution >= 0.6 is 0 Å². The van der Waals surface area contributed by atoms with E-state index in [1.165, 1.54) is 6.07 Å². The monoisotopic (exact) mass is 498 g/mol. The van der Waals surface area contributed by atoms with Gasteiger partial charge in [-0.3, -0.25) is 4.79 Å². The zero-order valence-electron chi connectivity index (χ0n) is 19.0. The van der Waals surface area contributed by atoms with Crippen molar-refractivity contribution >= 4 is 23.4 Å². The lowest BCUT2D eigenvalue weighted by Gasteiger charge is -2.29. The fourth-order valence-corrected chi connectivity index (χ4v) is 3.51. The number of nitrogens with one attached hydrogen (secondary N) is 1. The van der Waals surface area contributed by atoms with Crippen LogP contribution in [0.2, 0.25) is 0 Å². The summed E-state index contributed by atoms with van der Waals surface area (Å²) in [5.74, 6) is -1.44. The molecule has 1 atom stereocenters. The van der Waals surface area contributed by atoms with Gasteiger partial charge in [0.1, 0.15) is 18.7 Å². The minimum atomic E-state index is -5.00. The number of carbonyl (C=O) groups is 2. The molecule has 192 valence electrons. The molecule has 2 amide bonds. The molecule has 0 radical (unpaired) electrons. The predicted octanol–water partition coefficient (Wildman–Crippen LogP) is 4.65. The van der Waals surface area contributed by atoms with Crippen molar-refractivity contribution in [2.75, 3.05) is 37.2 Å². The van der Waals surface area contributed by atoms with Crippen molar-refractivity contribution in [3.05, 3.63) is 23.8 Å². The van der Waals surface area contributed by atoms with Crippen LogP contribution in [0.4, 0.5) is 42.5 Å². The van der Waals surface area contributed by atoms with Gasteiger partial charge < -0.3 is 25.6 Å². The maximum atomic E-state index is 12.7. The van der Waals surface area contributed by atoms with E-state index in [0.29, 0.717) is 18.7 Å². The Labute approximate surface area is 193 Å². The summed E-state index contributed by atoms with van der Waals surface area (Å²) in [5, 5.41) is 3.02. The second-order valence-corrected chi connectivity index (χ2v) is 9.04. The van der Waals surface area contributed by atoms with E-state index in [4.69, 9.17) is 10.5 Å². The largest absolute Gasteiger partial charge is 0.444 e. The van der Waals surface area contributed by atoms with Gasteiger partial charge in [-0.15, -0.1) is 0 Å². The number of hydrogen-bond donors (Lipinski definition) is 2. The number of carbonyl (C=O) groups excluding carboxylic acids is 2. The average molecular weight is 498 g/mol. The molecule has 0 saturated carbocycles. The van der Waals surface area contributed by atoms with Crippen LogP contribution in [-0.2, 0) is 4.74 Å². The fraction of sp³-hybridized carbons (Fsp3) is 0.619. The lowest BCUT2D eigenvalue weighted by molar-refractivity contribution is -0.171. The maximum Gasteiger partial charge on any atom is 0.410 e. The number of likely N-dealkylation sites (tertiary alicyclic amines) is 1. The van der Waals surface area contributed by atoms with Gasteiger partial charge in [0.15, 0.2) is 0 Å². The van der Waals surface area contributed by atoms with Crippen LogP contribution in [0.25, 0.3) is 0 Å². The van der Waals surface area contributed by atoms with Crippen LogP contribution < -0.4 is 11.1 Å². The van der Waals surface area contributed by atoms with E-state index in [2.05, 4.69) is 5.32 Å². The first-order valence-electron chi connectivity index (χ1n) is 10.5. The van der Waals surface area contributed by atoms with E-state index in [0.717, 1.165) is 18.6 Å². The van der Waals surface area contributed by atoms with Crippen molar-refractivity contribution in [2.45, 2.75) is 57.6 Å². The molecule has 1 aromatic carbocycles. The minimum Gasteiger partial charge on any atom is -0.444 e. The molecule has 1 aliphatic rings. The lowest BCUT2D eigenvalue weighted by atomic mass is 10.1. The number of nitrogen functional groups attached to an aromatic ring is 1. The Morgan fingerprint density at radius 2 is 1.71 bits per heavy atom. The molecule has 3 N–H and O–H groups in total. The van der Waals surface area contributed by atoms with E-state index < -0.39 is 48.6 Å². The number of nitrogens with zero attached hydrogens (tertiary/aromatic N) is 2. The van der Waals surface area contributed by atoms with Gasteiger partial charge in [-0.25, -0.2) is 4.79 Å². The van der Waals surface area contributed by atoms with Crippen LogP contribution in [0.1, 0.15) is 44.0 Å². The molecule has 1 aliphatic heterocycles. The molecule has 1 saturated heterocycles. The van der Waals surface area contributed by atoms with Gasteiger partial charge in [0.05, 0.1) is 17.4 Å². The highest BCUT2D eigenvalue weighted by atomic mass is 19.4. The molecule has 1 heterocycles. The summed E-state index contributed by atoms with van der Waals surface area (Å²) in [5.41, 5.74) is 5.12. The normalized spacial score (nSPS) is 17.0. The number of rotatable bonds is 6. The standard InChI is InChI=1S/C21H28F6N4O3/c1-19(2,3)34-18(33)31-8-4-5-14(31)10-29-16-7-6-13(9-15(16)28)17(32)30(11-20(22,23)24)12-21(25,26)27/h6-7,9,14,29H,4-5,8,10-12,28H2,1-3H3/t14-/m1/s1. The number of benzene rings is 1. The number of nitrogens with two attached hydrogens (primary N) is 1. The second kappa shape index (κ2) is 10.2. The van der Waals surface area contributed by atoms with E-state index in [1.807, 2.05) is 0 Å². The van der Waals surface area contributed by atoms with E-state index in [1.54, 1.807) is 25.7 Å². The molecule has 34 heavy (non-hydrogen) atoms.